The molecule has 1 N–H and O–H groups in total. The van der Waals surface area contributed by atoms with E-state index in [0.717, 1.165) is 13.0 Å². The molecule has 1 saturated heterocycles. The zero-order valence-corrected chi connectivity index (χ0v) is 11.8. The molecular weight excluding hydrogens is 258 g/mol. The van der Waals surface area contributed by atoms with Crippen LogP contribution in [-0.2, 0) is 4.79 Å². The molecule has 0 spiro atoms. The lowest BCUT2D eigenvalue weighted by molar-refractivity contribution is -0.127. The highest BCUT2D eigenvalue weighted by atomic mass is 16.2. The molecule has 0 saturated carbocycles. The van der Waals surface area contributed by atoms with E-state index in [9.17, 15) is 9.59 Å². The van der Waals surface area contributed by atoms with Gasteiger partial charge in [-0.05, 0) is 18.6 Å². The minimum absolute atomic E-state index is 0.222. The summed E-state index contributed by atoms with van der Waals surface area (Å²) < 4.78 is 0. The van der Waals surface area contributed by atoms with E-state index in [4.69, 9.17) is 0 Å². The number of likely N-dealkylation sites (N-methyl/N-ethyl adjacent to an activating group) is 1. The second-order valence-corrected chi connectivity index (χ2v) is 4.76. The quantitative estimate of drug-likeness (QED) is 0.813. The number of rotatable bonds is 5. The molecule has 2 amide bonds. The van der Waals surface area contributed by atoms with E-state index in [-0.39, 0.29) is 11.8 Å². The average Bonchev–Trinajstić information content (AvgIpc) is 2.89. The summed E-state index contributed by atoms with van der Waals surface area (Å²) in [4.78, 5) is 26.7. The number of hydrogen-bond donors (Lipinski definition) is 1. The first-order chi connectivity index (χ1) is 9.61. The summed E-state index contributed by atoms with van der Waals surface area (Å²) in [6, 6.07) is 3.39. The fourth-order valence-electron chi connectivity index (χ4n) is 2.10. The normalized spacial score (nSPS) is 14.5. The molecule has 2 rings (SSSR count). The Morgan fingerprint density at radius 2 is 2.25 bits per heavy atom. The number of likely N-dealkylation sites (tertiary alicyclic amines) is 1. The summed E-state index contributed by atoms with van der Waals surface area (Å²) in [6.45, 7) is 2.22. The van der Waals surface area contributed by atoms with Gasteiger partial charge in [0.25, 0.3) is 5.91 Å². The number of carbonyl (C=O) groups excluding carboxylic acids is 2. The van der Waals surface area contributed by atoms with Gasteiger partial charge >= 0.3 is 0 Å². The summed E-state index contributed by atoms with van der Waals surface area (Å²) in [7, 11) is 3.45. The molecule has 7 heteroatoms. The van der Waals surface area contributed by atoms with Crippen LogP contribution >= 0.6 is 0 Å². The van der Waals surface area contributed by atoms with Crippen molar-refractivity contribution < 1.29 is 9.59 Å². The molecule has 1 aromatic rings. The number of nitrogens with one attached hydrogen (secondary N) is 1. The Morgan fingerprint density at radius 1 is 1.45 bits per heavy atom. The van der Waals surface area contributed by atoms with Crippen molar-refractivity contribution in [1.29, 1.82) is 0 Å². The van der Waals surface area contributed by atoms with Crippen LogP contribution in [0.4, 0.5) is 5.82 Å². The predicted molar refractivity (Wildman–Crippen MR) is 74.5 cm³/mol. The van der Waals surface area contributed by atoms with Gasteiger partial charge in [0.1, 0.15) is 0 Å². The first-order valence-corrected chi connectivity index (χ1v) is 6.66. The van der Waals surface area contributed by atoms with Crippen LogP contribution in [0.3, 0.4) is 0 Å². The summed E-state index contributed by atoms with van der Waals surface area (Å²) in [5.41, 5.74) is 0.291. The molecule has 1 fully saturated rings. The van der Waals surface area contributed by atoms with Crippen LogP contribution in [0.1, 0.15) is 23.3 Å². The summed E-state index contributed by atoms with van der Waals surface area (Å²) in [5, 5.41) is 10.4. The molecule has 0 aliphatic carbocycles. The topological polar surface area (TPSA) is 78.4 Å². The molecule has 0 aromatic carbocycles. The van der Waals surface area contributed by atoms with E-state index in [2.05, 4.69) is 15.5 Å². The van der Waals surface area contributed by atoms with Crippen molar-refractivity contribution in [2.75, 3.05) is 38.6 Å². The van der Waals surface area contributed by atoms with Crippen molar-refractivity contribution >= 4 is 17.6 Å². The van der Waals surface area contributed by atoms with Gasteiger partial charge in [0.05, 0.1) is 0 Å². The summed E-state index contributed by atoms with van der Waals surface area (Å²) in [6.07, 6.45) is 1.60. The molecule has 1 aliphatic rings. The van der Waals surface area contributed by atoms with E-state index in [1.165, 1.54) is 0 Å². The second-order valence-electron chi connectivity index (χ2n) is 4.76. The Hall–Kier alpha value is -2.18. The number of hydrogen-bond acceptors (Lipinski definition) is 5. The molecule has 7 nitrogen and oxygen atoms in total. The maximum Gasteiger partial charge on any atom is 0.271 e. The number of carbonyl (C=O) groups is 2. The van der Waals surface area contributed by atoms with Crippen molar-refractivity contribution in [2.45, 2.75) is 12.8 Å². The SMILES string of the molecule is CNC(=O)c1ccc(N(C)CCN2CCCC2=O)nn1. The van der Waals surface area contributed by atoms with Crippen molar-refractivity contribution in [2.24, 2.45) is 0 Å². The largest absolute Gasteiger partial charge is 0.356 e. The van der Waals surface area contributed by atoms with Crippen LogP contribution in [0.15, 0.2) is 12.1 Å². The molecule has 1 aromatic heterocycles. The van der Waals surface area contributed by atoms with Crippen LogP contribution in [-0.4, -0.2) is 60.6 Å². The molecular formula is C13H19N5O2. The van der Waals surface area contributed by atoms with E-state index >= 15 is 0 Å². The third kappa shape index (κ3) is 3.23. The summed E-state index contributed by atoms with van der Waals surface area (Å²) >= 11 is 0. The highest BCUT2D eigenvalue weighted by molar-refractivity contribution is 5.91. The number of amides is 2. The first kappa shape index (κ1) is 14.2. The molecule has 0 bridgehead atoms. The molecule has 108 valence electrons. The van der Waals surface area contributed by atoms with E-state index in [0.29, 0.717) is 31.0 Å². The number of nitrogens with zero attached hydrogens (tertiary/aromatic N) is 4. The van der Waals surface area contributed by atoms with Crippen molar-refractivity contribution in [3.63, 3.8) is 0 Å². The van der Waals surface area contributed by atoms with E-state index in [1.54, 1.807) is 19.2 Å². The smallest absolute Gasteiger partial charge is 0.271 e. The number of anilines is 1. The maximum atomic E-state index is 11.5. The minimum Gasteiger partial charge on any atom is -0.356 e. The summed E-state index contributed by atoms with van der Waals surface area (Å²) in [5.74, 6) is 0.651. The van der Waals surface area contributed by atoms with Crippen LogP contribution in [0.25, 0.3) is 0 Å². The van der Waals surface area contributed by atoms with Crippen LogP contribution in [0, 0.1) is 0 Å². The molecule has 0 unspecified atom stereocenters. The van der Waals surface area contributed by atoms with Gasteiger partial charge in [-0.3, -0.25) is 9.59 Å². The Morgan fingerprint density at radius 3 is 2.80 bits per heavy atom. The molecule has 2 heterocycles. The molecule has 20 heavy (non-hydrogen) atoms. The van der Waals surface area contributed by atoms with Gasteiger partial charge in [-0.1, -0.05) is 0 Å². The van der Waals surface area contributed by atoms with Gasteiger partial charge in [0.2, 0.25) is 5.91 Å². The zero-order chi connectivity index (χ0) is 14.5. The second kappa shape index (κ2) is 6.31. The fourth-order valence-corrected chi connectivity index (χ4v) is 2.10. The number of aromatic nitrogens is 2. The molecule has 0 atom stereocenters. The van der Waals surface area contributed by atoms with Gasteiger partial charge in [-0.15, -0.1) is 10.2 Å². The maximum absolute atomic E-state index is 11.5. The highest BCUT2D eigenvalue weighted by Crippen LogP contribution is 2.11. The van der Waals surface area contributed by atoms with Crippen molar-refractivity contribution in [3.05, 3.63) is 17.8 Å². The first-order valence-electron chi connectivity index (χ1n) is 6.66. The van der Waals surface area contributed by atoms with Gasteiger partial charge in [-0.25, -0.2) is 0 Å². The fraction of sp³-hybridized carbons (Fsp3) is 0.538. The minimum atomic E-state index is -0.255. The lowest BCUT2D eigenvalue weighted by Gasteiger charge is -2.22. The lowest BCUT2D eigenvalue weighted by Crippen LogP contribution is -2.34. The Bertz CT molecular complexity index is 488. The molecule has 0 radical (unpaired) electrons. The van der Waals surface area contributed by atoms with E-state index in [1.807, 2.05) is 16.8 Å². The van der Waals surface area contributed by atoms with Gasteiger partial charge in [0, 0.05) is 40.2 Å². The highest BCUT2D eigenvalue weighted by Gasteiger charge is 2.20. The van der Waals surface area contributed by atoms with Crippen molar-refractivity contribution in [1.82, 2.24) is 20.4 Å². The molecule has 1 aliphatic heterocycles. The van der Waals surface area contributed by atoms with Crippen molar-refractivity contribution in [3.8, 4) is 0 Å². The Balaban J connectivity index is 1.90. The third-order valence-corrected chi connectivity index (χ3v) is 3.38. The van der Waals surface area contributed by atoms with Crippen LogP contribution in [0.5, 0.6) is 0 Å². The predicted octanol–water partition coefficient (Wildman–Crippen LogP) is -0.105. The monoisotopic (exact) mass is 277 g/mol. The van der Waals surface area contributed by atoms with Crippen LogP contribution in [0.2, 0.25) is 0 Å². The van der Waals surface area contributed by atoms with Gasteiger partial charge < -0.3 is 15.1 Å². The van der Waals surface area contributed by atoms with E-state index < -0.39 is 0 Å². The van der Waals surface area contributed by atoms with Gasteiger partial charge in [-0.2, -0.15) is 0 Å². The third-order valence-electron chi connectivity index (χ3n) is 3.38. The van der Waals surface area contributed by atoms with Gasteiger partial charge in [0.15, 0.2) is 11.5 Å². The zero-order valence-electron chi connectivity index (χ0n) is 11.8. The average molecular weight is 277 g/mol. The van der Waals surface area contributed by atoms with Crippen LogP contribution < -0.4 is 10.2 Å². The standard InChI is InChI=1S/C13H19N5O2/c1-14-13(20)10-5-6-11(16-15-10)17(2)8-9-18-7-3-4-12(18)19/h5-6H,3-4,7-9H2,1-2H3,(H,14,20). The lowest BCUT2D eigenvalue weighted by atomic mass is 10.3. The Kier molecular flexibility index (Phi) is 4.49. The Labute approximate surface area is 118 Å².